The minimum Gasteiger partial charge on any atom is -0.478 e. The summed E-state index contributed by atoms with van der Waals surface area (Å²) in [6.45, 7) is 4.00. The lowest BCUT2D eigenvalue weighted by Crippen LogP contribution is -1.96. The fourth-order valence-electron chi connectivity index (χ4n) is 1.84. The number of carbonyl (C=O) groups is 1. The van der Waals surface area contributed by atoms with E-state index < -0.39 is 5.97 Å². The van der Waals surface area contributed by atoms with Crippen molar-refractivity contribution in [3.63, 3.8) is 0 Å². The van der Waals surface area contributed by atoms with Gasteiger partial charge in [-0.15, -0.1) is 0 Å². The minimum atomic E-state index is -0.960. The van der Waals surface area contributed by atoms with Crippen LogP contribution in [0.4, 0.5) is 0 Å². The van der Waals surface area contributed by atoms with Gasteiger partial charge in [-0.2, -0.15) is 0 Å². The standard InChI is InChI=1S/C15H13BrO3/c1-9-5-10(2)7-12(6-9)19-14-4-3-11(15(17)18)8-13(14)16/h3-8H,1-2H3,(H,17,18). The monoisotopic (exact) mass is 320 g/mol. The Hall–Kier alpha value is -1.81. The van der Waals surface area contributed by atoms with E-state index in [1.165, 1.54) is 12.1 Å². The molecular weight excluding hydrogens is 308 g/mol. The third-order valence-corrected chi connectivity index (χ3v) is 3.22. The smallest absolute Gasteiger partial charge is 0.335 e. The van der Waals surface area contributed by atoms with Crippen LogP contribution in [0.3, 0.4) is 0 Å². The molecule has 0 spiro atoms. The third kappa shape index (κ3) is 3.35. The Morgan fingerprint density at radius 3 is 2.26 bits per heavy atom. The lowest BCUT2D eigenvalue weighted by Gasteiger charge is -2.10. The summed E-state index contributed by atoms with van der Waals surface area (Å²) in [5.74, 6) is 0.370. The first kappa shape index (κ1) is 13.6. The highest BCUT2D eigenvalue weighted by molar-refractivity contribution is 9.10. The number of hydrogen-bond acceptors (Lipinski definition) is 2. The van der Waals surface area contributed by atoms with Gasteiger partial charge in [-0.05, 0) is 71.2 Å². The zero-order valence-electron chi connectivity index (χ0n) is 10.6. The molecule has 0 bridgehead atoms. The zero-order valence-corrected chi connectivity index (χ0v) is 12.2. The Bertz CT molecular complexity index is 615. The van der Waals surface area contributed by atoms with Gasteiger partial charge >= 0.3 is 5.97 Å². The highest BCUT2D eigenvalue weighted by Crippen LogP contribution is 2.31. The number of aromatic carboxylic acids is 1. The van der Waals surface area contributed by atoms with Crippen LogP contribution in [-0.4, -0.2) is 11.1 Å². The number of carboxylic acid groups (broad SMARTS) is 1. The lowest BCUT2D eigenvalue weighted by atomic mass is 10.1. The molecule has 0 aliphatic heterocycles. The first-order valence-electron chi connectivity index (χ1n) is 5.75. The molecule has 0 fully saturated rings. The Kier molecular flexibility index (Phi) is 3.90. The van der Waals surface area contributed by atoms with Crippen LogP contribution >= 0.6 is 15.9 Å². The number of aryl methyl sites for hydroxylation is 2. The van der Waals surface area contributed by atoms with Crippen LogP contribution in [0.1, 0.15) is 21.5 Å². The van der Waals surface area contributed by atoms with Crippen LogP contribution < -0.4 is 4.74 Å². The number of ether oxygens (including phenoxy) is 1. The molecule has 0 unspecified atom stereocenters. The number of benzene rings is 2. The van der Waals surface area contributed by atoms with Crippen molar-refractivity contribution in [2.24, 2.45) is 0 Å². The highest BCUT2D eigenvalue weighted by Gasteiger charge is 2.08. The summed E-state index contributed by atoms with van der Waals surface area (Å²) in [7, 11) is 0. The van der Waals surface area contributed by atoms with Gasteiger partial charge in [-0.25, -0.2) is 4.79 Å². The van der Waals surface area contributed by atoms with Crippen molar-refractivity contribution in [3.8, 4) is 11.5 Å². The molecule has 4 heteroatoms. The summed E-state index contributed by atoms with van der Waals surface area (Å²) in [6, 6.07) is 10.6. The maximum absolute atomic E-state index is 10.9. The van der Waals surface area contributed by atoms with E-state index in [1.54, 1.807) is 6.07 Å². The second-order valence-corrected chi connectivity index (χ2v) is 5.23. The summed E-state index contributed by atoms with van der Waals surface area (Å²) in [5, 5.41) is 8.90. The van der Waals surface area contributed by atoms with Crippen molar-refractivity contribution in [2.45, 2.75) is 13.8 Å². The Labute approximate surface area is 120 Å². The molecule has 2 aromatic rings. The SMILES string of the molecule is Cc1cc(C)cc(Oc2ccc(C(=O)O)cc2Br)c1. The van der Waals surface area contributed by atoms with E-state index in [-0.39, 0.29) is 5.56 Å². The van der Waals surface area contributed by atoms with Crippen molar-refractivity contribution >= 4 is 21.9 Å². The molecule has 98 valence electrons. The maximum atomic E-state index is 10.9. The summed E-state index contributed by atoms with van der Waals surface area (Å²) in [5.41, 5.74) is 2.46. The molecular formula is C15H13BrO3. The second-order valence-electron chi connectivity index (χ2n) is 4.38. The van der Waals surface area contributed by atoms with Gasteiger partial charge < -0.3 is 9.84 Å². The summed E-state index contributed by atoms with van der Waals surface area (Å²) in [6.07, 6.45) is 0. The molecule has 0 atom stereocenters. The first-order chi connectivity index (χ1) is 8.95. The number of hydrogen-bond donors (Lipinski definition) is 1. The summed E-state index contributed by atoms with van der Waals surface area (Å²) in [4.78, 5) is 10.9. The molecule has 0 radical (unpaired) electrons. The van der Waals surface area contributed by atoms with E-state index in [2.05, 4.69) is 22.0 Å². The lowest BCUT2D eigenvalue weighted by molar-refractivity contribution is 0.0697. The third-order valence-electron chi connectivity index (χ3n) is 2.60. The van der Waals surface area contributed by atoms with Crippen molar-refractivity contribution in [2.75, 3.05) is 0 Å². The van der Waals surface area contributed by atoms with Crippen molar-refractivity contribution in [3.05, 3.63) is 57.6 Å². The van der Waals surface area contributed by atoms with Gasteiger partial charge in [0.25, 0.3) is 0 Å². The predicted octanol–water partition coefficient (Wildman–Crippen LogP) is 4.56. The van der Waals surface area contributed by atoms with Crippen LogP contribution in [0, 0.1) is 13.8 Å². The topological polar surface area (TPSA) is 46.5 Å². The summed E-state index contributed by atoms with van der Waals surface area (Å²) < 4.78 is 6.38. The molecule has 19 heavy (non-hydrogen) atoms. The normalized spacial score (nSPS) is 10.3. The molecule has 0 aromatic heterocycles. The van der Waals surface area contributed by atoms with Crippen LogP contribution in [0.15, 0.2) is 40.9 Å². The fraction of sp³-hybridized carbons (Fsp3) is 0.133. The minimum absolute atomic E-state index is 0.222. The Morgan fingerprint density at radius 2 is 1.74 bits per heavy atom. The van der Waals surface area contributed by atoms with Crippen LogP contribution in [0.25, 0.3) is 0 Å². The van der Waals surface area contributed by atoms with E-state index in [4.69, 9.17) is 9.84 Å². The van der Waals surface area contributed by atoms with Crippen LogP contribution in [-0.2, 0) is 0 Å². The van der Waals surface area contributed by atoms with Gasteiger partial charge in [-0.1, -0.05) is 6.07 Å². The molecule has 2 rings (SSSR count). The quantitative estimate of drug-likeness (QED) is 0.902. The molecule has 1 N–H and O–H groups in total. The molecule has 0 saturated heterocycles. The largest absolute Gasteiger partial charge is 0.478 e. The van der Waals surface area contributed by atoms with Gasteiger partial charge in [0.15, 0.2) is 0 Å². The van der Waals surface area contributed by atoms with Gasteiger partial charge in [0.05, 0.1) is 10.0 Å². The predicted molar refractivity (Wildman–Crippen MR) is 77.1 cm³/mol. The number of halogens is 1. The van der Waals surface area contributed by atoms with Crippen molar-refractivity contribution in [1.29, 1.82) is 0 Å². The molecule has 0 heterocycles. The fourth-order valence-corrected chi connectivity index (χ4v) is 2.30. The van der Waals surface area contributed by atoms with Gasteiger partial charge in [-0.3, -0.25) is 0 Å². The average molecular weight is 321 g/mol. The summed E-state index contributed by atoms with van der Waals surface area (Å²) >= 11 is 3.32. The second kappa shape index (κ2) is 5.45. The molecule has 0 amide bonds. The van der Waals surface area contributed by atoms with E-state index in [1.807, 2.05) is 26.0 Å². The Balaban J connectivity index is 2.30. The van der Waals surface area contributed by atoms with Gasteiger partial charge in [0.2, 0.25) is 0 Å². The molecule has 3 nitrogen and oxygen atoms in total. The highest BCUT2D eigenvalue weighted by atomic mass is 79.9. The van der Waals surface area contributed by atoms with E-state index in [0.29, 0.717) is 10.2 Å². The average Bonchev–Trinajstić information content (AvgIpc) is 2.30. The maximum Gasteiger partial charge on any atom is 0.335 e. The number of carboxylic acids is 1. The Morgan fingerprint density at radius 1 is 1.11 bits per heavy atom. The van der Waals surface area contributed by atoms with Crippen molar-refractivity contribution in [1.82, 2.24) is 0 Å². The molecule has 2 aromatic carbocycles. The molecule has 0 aliphatic carbocycles. The number of rotatable bonds is 3. The first-order valence-corrected chi connectivity index (χ1v) is 6.54. The van der Waals surface area contributed by atoms with E-state index >= 15 is 0 Å². The van der Waals surface area contributed by atoms with Gasteiger partial charge in [0.1, 0.15) is 11.5 Å². The van der Waals surface area contributed by atoms with Crippen LogP contribution in [0.2, 0.25) is 0 Å². The zero-order chi connectivity index (χ0) is 14.0. The molecule has 0 aliphatic rings. The van der Waals surface area contributed by atoms with E-state index in [9.17, 15) is 4.79 Å². The van der Waals surface area contributed by atoms with Crippen molar-refractivity contribution < 1.29 is 14.6 Å². The van der Waals surface area contributed by atoms with E-state index in [0.717, 1.165) is 16.9 Å². The van der Waals surface area contributed by atoms with Gasteiger partial charge in [0, 0.05) is 0 Å². The van der Waals surface area contributed by atoms with Crippen LogP contribution in [0.5, 0.6) is 11.5 Å². The molecule has 0 saturated carbocycles.